The lowest BCUT2D eigenvalue weighted by Crippen LogP contribution is -2.55. The Kier molecular flexibility index (Phi) is 2.32. The standard InChI is InChI=1S/B3H2N6/c4-7-8-9-2-5-1-6-3-9/h5-6H. The largest absolute Gasteiger partial charge is 0.471 e. The van der Waals surface area contributed by atoms with Gasteiger partial charge in [-0.2, -0.15) is 4.91 Å². The van der Waals surface area contributed by atoms with Crippen LogP contribution in [0.5, 0.6) is 0 Å². The van der Waals surface area contributed by atoms with Crippen molar-refractivity contribution < 1.29 is 0 Å². The fourth-order valence-electron chi connectivity index (χ4n) is 0.410. The quantitative estimate of drug-likeness (QED) is 0.187. The first kappa shape index (κ1) is 6.35. The van der Waals surface area contributed by atoms with Crippen molar-refractivity contribution >= 4 is 22.6 Å². The highest BCUT2D eigenvalue weighted by Crippen LogP contribution is 1.81. The van der Waals surface area contributed by atoms with E-state index in [-0.39, 0.29) is 0 Å². The molecular weight excluding hydrogens is 116 g/mol. The van der Waals surface area contributed by atoms with Crippen LogP contribution in [0.25, 0.3) is 10.4 Å². The SMILES string of the molecule is [N-]=[N+]=NN1[B]N[B]N[B]1. The Morgan fingerprint density at radius 3 is 2.67 bits per heavy atom. The van der Waals surface area contributed by atoms with Gasteiger partial charge in [-0.05, 0) is 0 Å². The number of nitrogens with one attached hydrogen (secondary N) is 2. The first-order valence-corrected chi connectivity index (χ1v) is 2.27. The summed E-state index contributed by atoms with van der Waals surface area (Å²) in [5.74, 6) is 0. The minimum atomic E-state index is 1.28. The van der Waals surface area contributed by atoms with E-state index < -0.39 is 0 Å². The number of nitrogens with zero attached hydrogens (tertiary/aromatic N) is 4. The summed E-state index contributed by atoms with van der Waals surface area (Å²) in [6.45, 7) is 0. The fourth-order valence-corrected chi connectivity index (χ4v) is 0.410. The van der Waals surface area contributed by atoms with Gasteiger partial charge in [-0.15, -0.1) is 5.53 Å². The van der Waals surface area contributed by atoms with Gasteiger partial charge in [-0.25, -0.2) is 0 Å². The molecular formula is H2B3N6. The summed E-state index contributed by atoms with van der Waals surface area (Å²) in [5, 5.41) is 8.62. The molecule has 0 bridgehead atoms. The van der Waals surface area contributed by atoms with Gasteiger partial charge < -0.3 is 15.1 Å². The molecule has 0 amide bonds. The molecule has 2 N–H and O–H groups in total. The summed E-state index contributed by atoms with van der Waals surface area (Å²) in [5.41, 5.74) is 7.93. The Balaban J connectivity index is 2.31. The van der Waals surface area contributed by atoms with Crippen molar-refractivity contribution in [2.75, 3.05) is 0 Å². The summed E-state index contributed by atoms with van der Waals surface area (Å²) in [4.78, 5) is 3.83. The zero-order valence-electron chi connectivity index (χ0n) is 4.52. The van der Waals surface area contributed by atoms with E-state index in [2.05, 4.69) is 20.4 Å². The summed E-state index contributed by atoms with van der Waals surface area (Å²) in [7, 11) is 4.62. The molecule has 0 aromatic rings. The van der Waals surface area contributed by atoms with Crippen LogP contribution < -0.4 is 10.3 Å². The highest BCUT2D eigenvalue weighted by atomic mass is 15.5. The number of hydrogen-bond donors (Lipinski definition) is 2. The Labute approximate surface area is 54.4 Å². The Morgan fingerprint density at radius 2 is 2.11 bits per heavy atom. The van der Waals surface area contributed by atoms with E-state index >= 15 is 0 Å². The topological polar surface area (TPSA) is 76.1 Å². The molecule has 1 fully saturated rings. The van der Waals surface area contributed by atoms with Crippen molar-refractivity contribution in [3.63, 3.8) is 0 Å². The smallest absolute Gasteiger partial charge is 0.352 e. The first-order valence-electron chi connectivity index (χ1n) is 2.27. The predicted molar refractivity (Wildman–Crippen MR) is 34.5 cm³/mol. The van der Waals surface area contributed by atoms with Crippen LogP contribution in [-0.4, -0.2) is 27.5 Å². The molecule has 6 nitrogen and oxygen atoms in total. The summed E-state index contributed by atoms with van der Waals surface area (Å²) >= 11 is 0. The maximum absolute atomic E-state index is 7.93. The Morgan fingerprint density at radius 1 is 1.44 bits per heavy atom. The molecule has 1 rings (SSSR count). The van der Waals surface area contributed by atoms with Crippen molar-refractivity contribution in [3.05, 3.63) is 10.4 Å². The molecule has 0 aromatic heterocycles. The van der Waals surface area contributed by atoms with Crippen LogP contribution in [0.15, 0.2) is 5.22 Å². The molecule has 3 radical (unpaired) electrons. The van der Waals surface area contributed by atoms with Crippen molar-refractivity contribution in [1.82, 2.24) is 15.1 Å². The average Bonchev–Trinajstić information content (AvgIpc) is 1.91. The van der Waals surface area contributed by atoms with Gasteiger partial charge in [0.25, 0.3) is 7.55 Å². The van der Waals surface area contributed by atoms with E-state index in [4.69, 9.17) is 5.53 Å². The van der Waals surface area contributed by atoms with Gasteiger partial charge in [0, 0.05) is 0 Å². The van der Waals surface area contributed by atoms with Gasteiger partial charge >= 0.3 is 15.1 Å². The van der Waals surface area contributed by atoms with Gasteiger partial charge in [-0.3, -0.25) is 0 Å². The maximum atomic E-state index is 7.93. The maximum Gasteiger partial charge on any atom is 0.471 e. The third-order valence-corrected chi connectivity index (χ3v) is 0.724. The molecule has 0 unspecified atom stereocenters. The van der Waals surface area contributed by atoms with Crippen molar-refractivity contribution in [3.8, 4) is 0 Å². The lowest BCUT2D eigenvalue weighted by Gasteiger charge is -2.15. The molecule has 1 saturated heterocycles. The van der Waals surface area contributed by atoms with Gasteiger partial charge in [0.05, 0.1) is 0 Å². The second-order valence-corrected chi connectivity index (χ2v) is 1.29. The van der Waals surface area contributed by atoms with Crippen LogP contribution in [0.4, 0.5) is 0 Å². The molecule has 0 atom stereocenters. The molecule has 41 valence electrons. The monoisotopic (exact) mass is 119 g/mol. The summed E-state index contributed by atoms with van der Waals surface area (Å²) in [6, 6.07) is 0. The highest BCUT2D eigenvalue weighted by molar-refractivity contribution is 6.65. The average molecular weight is 118 g/mol. The molecule has 1 aliphatic rings. The summed E-state index contributed by atoms with van der Waals surface area (Å²) in [6.07, 6.45) is 0. The lowest BCUT2D eigenvalue weighted by atomic mass is 9.83. The lowest BCUT2D eigenvalue weighted by molar-refractivity contribution is 0.700. The van der Waals surface area contributed by atoms with Crippen LogP contribution in [-0.2, 0) is 0 Å². The molecule has 0 saturated carbocycles. The van der Waals surface area contributed by atoms with Crippen LogP contribution in [0, 0.1) is 0 Å². The third-order valence-electron chi connectivity index (χ3n) is 0.724. The van der Waals surface area contributed by atoms with E-state index in [1.807, 2.05) is 0 Å². The van der Waals surface area contributed by atoms with Crippen LogP contribution in [0.1, 0.15) is 0 Å². The van der Waals surface area contributed by atoms with Gasteiger partial charge in [0.1, 0.15) is 0 Å². The predicted octanol–water partition coefficient (Wildman–Crippen LogP) is -1.69. The second-order valence-electron chi connectivity index (χ2n) is 1.29. The molecule has 9 heavy (non-hydrogen) atoms. The molecule has 0 spiro atoms. The zero-order valence-corrected chi connectivity index (χ0v) is 4.52. The first-order chi connectivity index (χ1) is 4.43. The van der Waals surface area contributed by atoms with E-state index in [0.29, 0.717) is 0 Å². The van der Waals surface area contributed by atoms with Crippen LogP contribution in [0.3, 0.4) is 0 Å². The van der Waals surface area contributed by atoms with Crippen molar-refractivity contribution in [2.24, 2.45) is 5.22 Å². The van der Waals surface area contributed by atoms with E-state index in [1.165, 1.54) is 19.9 Å². The number of hydrogen-bond acceptors (Lipinski definition) is 3. The van der Waals surface area contributed by atoms with E-state index in [0.717, 1.165) is 0 Å². The van der Waals surface area contributed by atoms with E-state index in [9.17, 15) is 0 Å². The van der Waals surface area contributed by atoms with Crippen LogP contribution >= 0.6 is 0 Å². The molecule has 0 aromatic carbocycles. The van der Waals surface area contributed by atoms with Gasteiger partial charge in [0.15, 0.2) is 0 Å². The molecule has 9 heteroatoms. The minimum Gasteiger partial charge on any atom is -0.352 e. The normalized spacial score (nSPS) is 16.2. The fraction of sp³-hybridized carbons (Fsp3) is 0. The third kappa shape index (κ3) is 1.89. The van der Waals surface area contributed by atoms with Crippen LogP contribution in [0.2, 0.25) is 0 Å². The Bertz CT molecular complexity index is 120. The van der Waals surface area contributed by atoms with Crippen molar-refractivity contribution in [1.29, 1.82) is 0 Å². The summed E-state index contributed by atoms with van der Waals surface area (Å²) < 4.78 is 0. The number of rotatable bonds is 1. The molecule has 1 heterocycles. The minimum absolute atomic E-state index is 1.28. The zero-order chi connectivity index (χ0) is 6.53. The number of azide groups is 1. The van der Waals surface area contributed by atoms with Gasteiger partial charge in [-0.1, -0.05) is 5.22 Å². The van der Waals surface area contributed by atoms with E-state index in [1.54, 1.807) is 7.55 Å². The highest BCUT2D eigenvalue weighted by Gasteiger charge is 2.16. The Hall–Kier alpha value is -0.775. The molecule has 0 aliphatic carbocycles. The second kappa shape index (κ2) is 3.29. The van der Waals surface area contributed by atoms with Gasteiger partial charge in [0.2, 0.25) is 0 Å². The molecule has 1 aliphatic heterocycles. The van der Waals surface area contributed by atoms with Crippen molar-refractivity contribution in [2.45, 2.75) is 0 Å².